The molecule has 0 aromatic carbocycles. The maximum Gasteiger partial charge on any atom is 0.217 e. The standard InChI is InChI=1S/C19H23N3O/c1-19(2)12-23-18-15(19)9-8-14(22-18)11-21-16-7-3-5-13-6-4-10-20-17(13)16/h4,6,8-10,16,21H,3,5,7,11-12H2,1-2H3. The van der Waals surface area contributed by atoms with Gasteiger partial charge in [-0.3, -0.25) is 4.98 Å². The third-order valence-corrected chi connectivity index (χ3v) is 4.94. The van der Waals surface area contributed by atoms with E-state index in [4.69, 9.17) is 4.74 Å². The molecule has 0 bridgehead atoms. The third kappa shape index (κ3) is 2.72. The SMILES string of the molecule is CC1(C)COc2nc(CNC3CCCc4cccnc43)ccc21. The van der Waals surface area contributed by atoms with Crippen LogP contribution in [0, 0.1) is 0 Å². The van der Waals surface area contributed by atoms with Crippen molar-refractivity contribution in [1.29, 1.82) is 0 Å². The second-order valence-corrected chi connectivity index (χ2v) is 7.20. The van der Waals surface area contributed by atoms with Gasteiger partial charge < -0.3 is 10.1 Å². The molecule has 1 N–H and O–H groups in total. The van der Waals surface area contributed by atoms with Crippen LogP contribution in [0.3, 0.4) is 0 Å². The fraction of sp³-hybridized carbons (Fsp3) is 0.474. The van der Waals surface area contributed by atoms with E-state index in [9.17, 15) is 0 Å². The quantitative estimate of drug-likeness (QED) is 0.945. The summed E-state index contributed by atoms with van der Waals surface area (Å²) in [4.78, 5) is 9.27. The molecule has 4 nitrogen and oxygen atoms in total. The van der Waals surface area contributed by atoms with Gasteiger partial charge in [0.05, 0.1) is 24.0 Å². The van der Waals surface area contributed by atoms with Gasteiger partial charge in [0.25, 0.3) is 0 Å². The Morgan fingerprint density at radius 1 is 1.30 bits per heavy atom. The summed E-state index contributed by atoms with van der Waals surface area (Å²) >= 11 is 0. The van der Waals surface area contributed by atoms with E-state index < -0.39 is 0 Å². The minimum Gasteiger partial charge on any atom is -0.477 e. The number of nitrogens with zero attached hydrogens (tertiary/aromatic N) is 2. The Morgan fingerprint density at radius 3 is 3.13 bits per heavy atom. The first kappa shape index (κ1) is 14.6. The fourth-order valence-electron chi connectivity index (χ4n) is 3.56. The lowest BCUT2D eigenvalue weighted by molar-refractivity contribution is 0.283. The van der Waals surface area contributed by atoms with E-state index in [0.29, 0.717) is 12.6 Å². The lowest BCUT2D eigenvalue weighted by atomic mass is 9.88. The molecule has 0 fully saturated rings. The molecule has 0 amide bonds. The third-order valence-electron chi connectivity index (χ3n) is 4.94. The second kappa shape index (κ2) is 5.60. The van der Waals surface area contributed by atoms with E-state index in [-0.39, 0.29) is 5.41 Å². The molecule has 1 atom stereocenters. The van der Waals surface area contributed by atoms with Crippen LogP contribution < -0.4 is 10.1 Å². The van der Waals surface area contributed by atoms with E-state index in [1.54, 1.807) is 0 Å². The van der Waals surface area contributed by atoms with E-state index >= 15 is 0 Å². The van der Waals surface area contributed by atoms with Crippen molar-refractivity contribution in [1.82, 2.24) is 15.3 Å². The summed E-state index contributed by atoms with van der Waals surface area (Å²) in [5.41, 5.74) is 4.90. The summed E-state index contributed by atoms with van der Waals surface area (Å²) in [6, 6.07) is 8.83. The van der Waals surface area contributed by atoms with E-state index in [1.807, 2.05) is 12.3 Å². The average Bonchev–Trinajstić information content (AvgIpc) is 2.88. The minimum absolute atomic E-state index is 0.0700. The first-order valence-corrected chi connectivity index (χ1v) is 8.44. The van der Waals surface area contributed by atoms with Crippen molar-refractivity contribution in [3.63, 3.8) is 0 Å². The lowest BCUT2D eigenvalue weighted by Crippen LogP contribution is -2.26. The molecule has 2 aliphatic rings. The smallest absolute Gasteiger partial charge is 0.217 e. The van der Waals surface area contributed by atoms with Gasteiger partial charge in [-0.2, -0.15) is 0 Å². The first-order valence-electron chi connectivity index (χ1n) is 8.44. The summed E-state index contributed by atoms with van der Waals surface area (Å²) in [6.07, 6.45) is 5.38. The van der Waals surface area contributed by atoms with Crippen molar-refractivity contribution in [3.8, 4) is 5.88 Å². The summed E-state index contributed by atoms with van der Waals surface area (Å²) in [5, 5.41) is 3.63. The highest BCUT2D eigenvalue weighted by Gasteiger charge is 2.32. The molecule has 0 spiro atoms. The lowest BCUT2D eigenvalue weighted by Gasteiger charge is -2.25. The van der Waals surface area contributed by atoms with E-state index in [0.717, 1.165) is 31.0 Å². The van der Waals surface area contributed by atoms with Gasteiger partial charge in [0.15, 0.2) is 0 Å². The molecule has 23 heavy (non-hydrogen) atoms. The molecule has 1 aliphatic heterocycles. The summed E-state index contributed by atoms with van der Waals surface area (Å²) in [7, 11) is 0. The van der Waals surface area contributed by atoms with Gasteiger partial charge in [-0.1, -0.05) is 26.0 Å². The van der Waals surface area contributed by atoms with E-state index in [2.05, 4.69) is 47.3 Å². The fourth-order valence-corrected chi connectivity index (χ4v) is 3.56. The Morgan fingerprint density at radius 2 is 2.22 bits per heavy atom. The molecule has 0 radical (unpaired) electrons. The highest BCUT2D eigenvalue weighted by Crippen LogP contribution is 2.36. The van der Waals surface area contributed by atoms with Gasteiger partial charge in [0, 0.05) is 23.7 Å². The molecule has 2 aromatic heterocycles. The van der Waals surface area contributed by atoms with Gasteiger partial charge in [-0.05, 0) is 37.0 Å². The topological polar surface area (TPSA) is 47.0 Å². The first-order chi connectivity index (χ1) is 11.1. The molecule has 4 heteroatoms. The normalized spacial score (nSPS) is 21.4. The number of fused-ring (bicyclic) bond motifs is 2. The van der Waals surface area contributed by atoms with Crippen molar-refractivity contribution in [3.05, 3.63) is 53.0 Å². The highest BCUT2D eigenvalue weighted by molar-refractivity contribution is 5.38. The van der Waals surface area contributed by atoms with Crippen molar-refractivity contribution in [2.45, 2.75) is 51.1 Å². The largest absolute Gasteiger partial charge is 0.477 e. The van der Waals surface area contributed by atoms with Gasteiger partial charge >= 0.3 is 0 Å². The van der Waals surface area contributed by atoms with Gasteiger partial charge in [0.1, 0.15) is 0 Å². The van der Waals surface area contributed by atoms with Crippen molar-refractivity contribution >= 4 is 0 Å². The molecule has 0 saturated heterocycles. The van der Waals surface area contributed by atoms with Gasteiger partial charge in [-0.15, -0.1) is 0 Å². The molecule has 3 heterocycles. The van der Waals surface area contributed by atoms with Crippen LogP contribution in [0.5, 0.6) is 5.88 Å². The van der Waals surface area contributed by atoms with Crippen molar-refractivity contribution in [2.75, 3.05) is 6.61 Å². The number of nitrogens with one attached hydrogen (secondary N) is 1. The predicted octanol–water partition coefficient (Wildman–Crippen LogP) is 3.31. The molecule has 4 rings (SSSR count). The molecule has 2 aromatic rings. The van der Waals surface area contributed by atoms with Crippen LogP contribution in [-0.4, -0.2) is 16.6 Å². The summed E-state index contributed by atoms with van der Waals surface area (Å²) in [6.45, 7) is 5.86. The Bertz CT molecular complexity index is 726. The Balaban J connectivity index is 1.49. The number of ether oxygens (including phenoxy) is 1. The number of pyridine rings is 2. The zero-order valence-corrected chi connectivity index (χ0v) is 13.8. The van der Waals surface area contributed by atoms with Gasteiger partial charge in [-0.25, -0.2) is 4.98 Å². The Hall–Kier alpha value is -1.94. The van der Waals surface area contributed by atoms with Crippen molar-refractivity contribution in [2.24, 2.45) is 0 Å². The van der Waals surface area contributed by atoms with Crippen LogP contribution in [0.1, 0.15) is 55.2 Å². The monoisotopic (exact) mass is 309 g/mol. The maximum absolute atomic E-state index is 5.75. The molecule has 1 aliphatic carbocycles. The van der Waals surface area contributed by atoms with Crippen LogP contribution in [0.2, 0.25) is 0 Å². The predicted molar refractivity (Wildman–Crippen MR) is 89.5 cm³/mol. The van der Waals surface area contributed by atoms with Crippen LogP contribution in [0.15, 0.2) is 30.5 Å². The zero-order valence-electron chi connectivity index (χ0n) is 13.8. The number of aryl methyl sites for hydroxylation is 1. The summed E-state index contributed by atoms with van der Waals surface area (Å²) < 4.78 is 5.75. The average molecular weight is 309 g/mol. The Kier molecular flexibility index (Phi) is 3.57. The molecular formula is C19H23N3O. The van der Waals surface area contributed by atoms with Crippen LogP contribution in [0.4, 0.5) is 0 Å². The Labute approximate surface area is 137 Å². The molecule has 0 saturated carbocycles. The molecule has 120 valence electrons. The zero-order chi connectivity index (χ0) is 15.9. The number of hydrogen-bond acceptors (Lipinski definition) is 4. The number of hydrogen-bond donors (Lipinski definition) is 1. The van der Waals surface area contributed by atoms with Gasteiger partial charge in [0.2, 0.25) is 5.88 Å². The number of rotatable bonds is 3. The van der Waals surface area contributed by atoms with Crippen LogP contribution in [0.25, 0.3) is 0 Å². The molecular weight excluding hydrogens is 286 g/mol. The second-order valence-electron chi connectivity index (χ2n) is 7.20. The van der Waals surface area contributed by atoms with Crippen LogP contribution >= 0.6 is 0 Å². The maximum atomic E-state index is 5.75. The minimum atomic E-state index is 0.0700. The highest BCUT2D eigenvalue weighted by atomic mass is 16.5. The molecule has 1 unspecified atom stereocenters. The van der Waals surface area contributed by atoms with Crippen molar-refractivity contribution < 1.29 is 4.74 Å². The summed E-state index contributed by atoms with van der Waals surface area (Å²) in [5.74, 6) is 0.802. The number of aromatic nitrogens is 2. The van der Waals surface area contributed by atoms with Crippen LogP contribution in [-0.2, 0) is 18.4 Å². The van der Waals surface area contributed by atoms with E-state index in [1.165, 1.54) is 23.2 Å².